The van der Waals surface area contributed by atoms with Crippen LogP contribution in [0.1, 0.15) is 17.8 Å². The van der Waals surface area contributed by atoms with Crippen molar-refractivity contribution in [2.75, 3.05) is 26.8 Å². The number of carbonyl (C=O) groups is 1. The van der Waals surface area contributed by atoms with Crippen molar-refractivity contribution < 1.29 is 9.53 Å². The number of nitrogens with zero attached hydrogens (tertiary/aromatic N) is 2. The maximum atomic E-state index is 12.8. The molecular weight excluding hydrogens is 298 g/mol. The molecule has 1 aromatic carbocycles. The zero-order valence-corrected chi connectivity index (χ0v) is 13.6. The standard InChI is InChI=1S/C16H21N3O2S/c1-19(15(20)16(11-17)6-8-21-9-7-16)10-14-18-12-4-2-3-5-13(12)22-14/h2-5H,6-11,17H2,1H3. The van der Waals surface area contributed by atoms with Gasteiger partial charge in [0.1, 0.15) is 5.01 Å². The van der Waals surface area contributed by atoms with E-state index in [-0.39, 0.29) is 5.91 Å². The highest BCUT2D eigenvalue weighted by Crippen LogP contribution is 2.32. The Hall–Kier alpha value is -1.50. The van der Waals surface area contributed by atoms with Crippen LogP contribution < -0.4 is 5.73 Å². The van der Waals surface area contributed by atoms with Crippen molar-refractivity contribution in [1.82, 2.24) is 9.88 Å². The highest BCUT2D eigenvalue weighted by molar-refractivity contribution is 7.18. The summed E-state index contributed by atoms with van der Waals surface area (Å²) in [6.07, 6.45) is 1.40. The third-order valence-corrected chi connectivity index (χ3v) is 5.37. The summed E-state index contributed by atoms with van der Waals surface area (Å²) >= 11 is 1.64. The van der Waals surface area contributed by atoms with E-state index in [9.17, 15) is 4.79 Å². The van der Waals surface area contributed by atoms with Gasteiger partial charge in [-0.2, -0.15) is 0 Å². The number of hydrogen-bond acceptors (Lipinski definition) is 5. The van der Waals surface area contributed by atoms with Crippen molar-refractivity contribution in [2.24, 2.45) is 11.1 Å². The van der Waals surface area contributed by atoms with Gasteiger partial charge in [-0.3, -0.25) is 4.79 Å². The van der Waals surface area contributed by atoms with Crippen molar-refractivity contribution in [3.05, 3.63) is 29.3 Å². The molecule has 0 aliphatic carbocycles. The molecule has 1 aromatic heterocycles. The predicted molar refractivity (Wildman–Crippen MR) is 87.6 cm³/mol. The fourth-order valence-corrected chi connectivity index (χ4v) is 3.96. The summed E-state index contributed by atoms with van der Waals surface area (Å²) in [7, 11) is 1.83. The number of aromatic nitrogens is 1. The molecule has 0 atom stereocenters. The van der Waals surface area contributed by atoms with Gasteiger partial charge in [0.25, 0.3) is 0 Å². The molecule has 0 unspecified atom stereocenters. The largest absolute Gasteiger partial charge is 0.381 e. The Bertz CT molecular complexity index is 631. The molecule has 1 fully saturated rings. The van der Waals surface area contributed by atoms with Gasteiger partial charge >= 0.3 is 0 Å². The molecule has 2 aromatic rings. The van der Waals surface area contributed by atoms with Gasteiger partial charge in [0.2, 0.25) is 5.91 Å². The Morgan fingerprint density at radius 2 is 2.14 bits per heavy atom. The van der Waals surface area contributed by atoms with E-state index in [4.69, 9.17) is 10.5 Å². The van der Waals surface area contributed by atoms with Crippen LogP contribution in [0.25, 0.3) is 10.2 Å². The Morgan fingerprint density at radius 3 is 2.82 bits per heavy atom. The van der Waals surface area contributed by atoms with E-state index in [0.29, 0.717) is 39.1 Å². The highest BCUT2D eigenvalue weighted by Gasteiger charge is 2.40. The highest BCUT2D eigenvalue weighted by atomic mass is 32.1. The summed E-state index contributed by atoms with van der Waals surface area (Å²) in [6, 6.07) is 8.03. The Morgan fingerprint density at radius 1 is 1.41 bits per heavy atom. The van der Waals surface area contributed by atoms with E-state index in [2.05, 4.69) is 11.1 Å². The minimum absolute atomic E-state index is 0.109. The lowest BCUT2D eigenvalue weighted by atomic mass is 9.79. The number of fused-ring (bicyclic) bond motifs is 1. The van der Waals surface area contributed by atoms with Crippen LogP contribution in [0.4, 0.5) is 0 Å². The molecular formula is C16H21N3O2S. The van der Waals surface area contributed by atoms with E-state index in [1.807, 2.05) is 25.2 Å². The molecule has 3 rings (SSSR count). The zero-order valence-electron chi connectivity index (χ0n) is 12.7. The first-order chi connectivity index (χ1) is 10.6. The monoisotopic (exact) mass is 319 g/mol. The summed E-state index contributed by atoms with van der Waals surface area (Å²) in [4.78, 5) is 19.2. The summed E-state index contributed by atoms with van der Waals surface area (Å²) in [5, 5.41) is 0.955. The summed E-state index contributed by atoms with van der Waals surface area (Å²) in [6.45, 7) is 2.12. The first-order valence-corrected chi connectivity index (χ1v) is 8.34. The normalized spacial score (nSPS) is 17.5. The SMILES string of the molecule is CN(Cc1nc2ccccc2s1)C(=O)C1(CN)CCOCC1. The van der Waals surface area contributed by atoms with Crippen molar-refractivity contribution in [3.8, 4) is 0 Å². The van der Waals surface area contributed by atoms with Crippen LogP contribution in [-0.4, -0.2) is 42.6 Å². The van der Waals surface area contributed by atoms with Crippen LogP contribution in [0.2, 0.25) is 0 Å². The number of rotatable bonds is 4. The van der Waals surface area contributed by atoms with Gasteiger partial charge in [-0.25, -0.2) is 4.98 Å². The predicted octanol–water partition coefficient (Wildman–Crippen LogP) is 2.01. The zero-order chi connectivity index (χ0) is 15.6. The van der Waals surface area contributed by atoms with Gasteiger partial charge in [0.05, 0.1) is 22.2 Å². The lowest BCUT2D eigenvalue weighted by molar-refractivity contribution is -0.146. The van der Waals surface area contributed by atoms with Crippen molar-refractivity contribution in [1.29, 1.82) is 0 Å². The molecule has 0 radical (unpaired) electrons. The molecule has 0 saturated carbocycles. The first-order valence-electron chi connectivity index (χ1n) is 7.52. The van der Waals surface area contributed by atoms with E-state index in [0.717, 1.165) is 15.2 Å². The Labute approximate surface area is 134 Å². The number of nitrogens with two attached hydrogens (primary N) is 1. The van der Waals surface area contributed by atoms with Gasteiger partial charge in [0, 0.05) is 26.8 Å². The van der Waals surface area contributed by atoms with E-state index < -0.39 is 5.41 Å². The van der Waals surface area contributed by atoms with Crippen LogP contribution in [0.5, 0.6) is 0 Å². The number of para-hydroxylation sites is 1. The second-order valence-corrected chi connectivity index (χ2v) is 6.95. The summed E-state index contributed by atoms with van der Waals surface area (Å²) < 4.78 is 6.53. The topological polar surface area (TPSA) is 68.5 Å². The number of carbonyl (C=O) groups excluding carboxylic acids is 1. The molecule has 22 heavy (non-hydrogen) atoms. The van der Waals surface area contributed by atoms with Crippen LogP contribution in [0.15, 0.2) is 24.3 Å². The Kier molecular flexibility index (Phi) is 4.42. The molecule has 1 amide bonds. The second kappa shape index (κ2) is 6.32. The van der Waals surface area contributed by atoms with Crippen molar-refractivity contribution in [3.63, 3.8) is 0 Å². The van der Waals surface area contributed by atoms with Gasteiger partial charge < -0.3 is 15.4 Å². The first kappa shape index (κ1) is 15.4. The van der Waals surface area contributed by atoms with Crippen LogP contribution in [-0.2, 0) is 16.1 Å². The lowest BCUT2D eigenvalue weighted by Gasteiger charge is -2.37. The fraction of sp³-hybridized carbons (Fsp3) is 0.500. The summed E-state index contributed by atoms with van der Waals surface area (Å²) in [5.74, 6) is 0.109. The smallest absolute Gasteiger partial charge is 0.230 e. The molecule has 2 heterocycles. The second-order valence-electron chi connectivity index (χ2n) is 5.83. The molecule has 118 valence electrons. The number of ether oxygens (including phenoxy) is 1. The molecule has 6 heteroatoms. The van der Waals surface area contributed by atoms with E-state index in [1.54, 1.807) is 16.2 Å². The molecule has 1 aliphatic rings. The minimum atomic E-state index is -0.469. The van der Waals surface area contributed by atoms with Gasteiger partial charge in [0.15, 0.2) is 0 Å². The third kappa shape index (κ3) is 2.86. The van der Waals surface area contributed by atoms with Gasteiger partial charge in [-0.05, 0) is 25.0 Å². The lowest BCUT2D eigenvalue weighted by Crippen LogP contribution is -2.49. The number of benzene rings is 1. The number of thiazole rings is 1. The van der Waals surface area contributed by atoms with E-state index >= 15 is 0 Å². The number of amides is 1. The molecule has 2 N–H and O–H groups in total. The Balaban J connectivity index is 1.75. The van der Waals surface area contributed by atoms with Crippen LogP contribution in [0, 0.1) is 5.41 Å². The van der Waals surface area contributed by atoms with Crippen LogP contribution >= 0.6 is 11.3 Å². The van der Waals surface area contributed by atoms with E-state index in [1.165, 1.54) is 0 Å². The van der Waals surface area contributed by atoms with Gasteiger partial charge in [-0.1, -0.05) is 12.1 Å². The molecule has 1 aliphatic heterocycles. The number of hydrogen-bond donors (Lipinski definition) is 1. The quantitative estimate of drug-likeness (QED) is 0.936. The molecule has 1 saturated heterocycles. The average Bonchev–Trinajstić information content (AvgIpc) is 2.96. The third-order valence-electron chi connectivity index (χ3n) is 4.35. The van der Waals surface area contributed by atoms with Crippen molar-refractivity contribution >= 4 is 27.5 Å². The fourth-order valence-electron chi connectivity index (χ4n) is 2.93. The van der Waals surface area contributed by atoms with Crippen molar-refractivity contribution in [2.45, 2.75) is 19.4 Å². The maximum Gasteiger partial charge on any atom is 0.230 e. The van der Waals surface area contributed by atoms with Crippen LogP contribution in [0.3, 0.4) is 0 Å². The summed E-state index contributed by atoms with van der Waals surface area (Å²) in [5.41, 5.74) is 6.44. The minimum Gasteiger partial charge on any atom is -0.381 e. The molecule has 0 bridgehead atoms. The average molecular weight is 319 g/mol. The maximum absolute atomic E-state index is 12.8. The van der Waals surface area contributed by atoms with Gasteiger partial charge in [-0.15, -0.1) is 11.3 Å². The molecule has 0 spiro atoms. The molecule has 5 nitrogen and oxygen atoms in total.